The Hall–Kier alpha value is -3.37. The molecule has 812 valence electrons. The Balaban J connectivity index is 1.01. The molecule has 1 unspecified atom stereocenters. The first-order valence-electron chi connectivity index (χ1n) is 49.2. The molecule has 0 aromatic rings. The molecule has 21 aliphatic heterocycles. The van der Waals surface area contributed by atoms with Crippen LogP contribution >= 0.6 is 7.82 Å². The standard InChI is InChI=1S/C92H165N2O44P/c1-16-18-20-22-24-26-28-30-32-34-36-38-63(97)121-45-53(124-64(98)39-37-35-33-31-29-27-25-23-21-19-17-2)46-123-139(106,107)122-43-42-93-61(95)40-41-62(96)94-44-54-72-65(99)79(114-9)86(125-54)133-73-55(47-108-3)127-88(81(116-11)66(73)100)135-75-57(49-110-5)129-90(83(118-13)68(75)102)137-77-59(51-112-7)131-92(85(120-15)70(77)104)138-78-60(52-113-8)130-91(84(119-14)71(78)105)136-76-58(50-111-6)128-89(82(117-12)69(76)103)134-74-56(48-109-4)126-87(132-72)80(115-10)67(74)101/h53-60,65-92,99-105H,16-52H2,1-15H3,(H,93,95)(H,94,96)(H,106,107)/t53-,54+,55+,56-,57+,58-,59+,60-,65+,66+,67-,68+,69-,70+,71-,72-,73-,74-,75-,76-,77-,78-,79-,80+,81-,82+,83-,84+,85+,86-,87-,88-,89-,90-,91-,92-/m0/s1. The van der Waals surface area contributed by atoms with Crippen LogP contribution in [0.3, 0.4) is 0 Å². The predicted octanol–water partition coefficient (Wildman–Crippen LogP) is 2.28. The second-order valence-electron chi connectivity index (χ2n) is 36.2. The number of aliphatic hydroxyl groups is 7. The van der Waals surface area contributed by atoms with Gasteiger partial charge in [0.05, 0.1) is 52.9 Å². The Morgan fingerprint density at radius 2 is 0.532 bits per heavy atom. The van der Waals surface area contributed by atoms with Crippen molar-refractivity contribution in [2.75, 3.05) is 165 Å². The second-order valence-corrected chi connectivity index (χ2v) is 37.6. The smallest absolute Gasteiger partial charge is 0.462 e. The molecule has 21 fully saturated rings. The number of phosphoric acid groups is 1. The Morgan fingerprint density at radius 1 is 0.295 bits per heavy atom. The average Bonchev–Trinajstić information content (AvgIpc) is 0.826. The van der Waals surface area contributed by atoms with Crippen molar-refractivity contribution in [3.63, 3.8) is 0 Å². The van der Waals surface area contributed by atoms with Crippen molar-refractivity contribution in [2.24, 2.45) is 0 Å². The van der Waals surface area contributed by atoms with Crippen LogP contribution in [0.2, 0.25) is 0 Å². The molecule has 0 spiro atoms. The minimum atomic E-state index is -4.92. The quantitative estimate of drug-likeness (QED) is 0.0237. The van der Waals surface area contributed by atoms with E-state index in [0.717, 1.165) is 51.4 Å². The van der Waals surface area contributed by atoms with E-state index >= 15 is 0 Å². The van der Waals surface area contributed by atoms with Gasteiger partial charge in [-0.1, -0.05) is 142 Å². The minimum Gasteiger partial charge on any atom is -0.462 e. The maximum atomic E-state index is 14.1. The number of esters is 2. The molecular formula is C92H165N2O44P. The highest BCUT2D eigenvalue weighted by Gasteiger charge is 2.62. The number of amides is 2. The number of hydrogen-bond acceptors (Lipinski definition) is 43. The molecule has 37 atom stereocenters. The van der Waals surface area contributed by atoms with Gasteiger partial charge in [0.25, 0.3) is 0 Å². The third kappa shape index (κ3) is 36.2. The fourth-order valence-corrected chi connectivity index (χ4v) is 19.4. The molecule has 139 heavy (non-hydrogen) atoms. The summed E-state index contributed by atoms with van der Waals surface area (Å²) in [6.07, 6.45) is -32.4. The van der Waals surface area contributed by atoms with Gasteiger partial charge in [-0.05, 0) is 12.8 Å². The number of ether oxygens (including phenoxy) is 29. The normalized spacial score (nSPS) is 36.5. The first-order chi connectivity index (χ1) is 67.1. The van der Waals surface area contributed by atoms with Crippen LogP contribution in [-0.4, -0.2) is 450 Å². The lowest BCUT2D eigenvalue weighted by Gasteiger charge is -2.51. The van der Waals surface area contributed by atoms with E-state index in [4.69, 9.17) is 146 Å². The van der Waals surface area contributed by atoms with Gasteiger partial charge in [-0.2, -0.15) is 0 Å². The first-order valence-corrected chi connectivity index (χ1v) is 50.7. The lowest BCUT2D eigenvalue weighted by atomic mass is 9.94. The molecule has 21 saturated heterocycles. The Labute approximate surface area is 816 Å². The summed E-state index contributed by atoms with van der Waals surface area (Å²) in [6, 6.07) is 0. The predicted molar refractivity (Wildman–Crippen MR) is 484 cm³/mol. The number of methoxy groups -OCH3 is 13. The summed E-state index contributed by atoms with van der Waals surface area (Å²) in [5, 5.41) is 93.5. The van der Waals surface area contributed by atoms with E-state index in [0.29, 0.717) is 12.8 Å². The van der Waals surface area contributed by atoms with E-state index in [9.17, 15) is 64.4 Å². The fourth-order valence-electron chi connectivity index (χ4n) is 18.7. The van der Waals surface area contributed by atoms with Crippen LogP contribution in [0.25, 0.3) is 0 Å². The number of hydrogen-bond donors (Lipinski definition) is 10. The van der Waals surface area contributed by atoms with Crippen LogP contribution in [0.4, 0.5) is 0 Å². The van der Waals surface area contributed by atoms with E-state index in [1.165, 1.54) is 169 Å². The van der Waals surface area contributed by atoms with Gasteiger partial charge in [-0.15, -0.1) is 0 Å². The zero-order chi connectivity index (χ0) is 101. The summed E-state index contributed by atoms with van der Waals surface area (Å²) in [7, 11) is 11.9. The first kappa shape index (κ1) is 121. The summed E-state index contributed by atoms with van der Waals surface area (Å²) in [5.41, 5.74) is 0. The maximum Gasteiger partial charge on any atom is 0.472 e. The maximum absolute atomic E-state index is 14.1. The molecule has 21 aliphatic rings. The lowest BCUT2D eigenvalue weighted by molar-refractivity contribution is -0.400. The fraction of sp³-hybridized carbons (Fsp3) is 0.957. The van der Waals surface area contributed by atoms with Crippen molar-refractivity contribution < 1.29 is 211 Å². The Kier molecular flexibility index (Phi) is 56.3. The minimum absolute atomic E-state index is 0.0692. The van der Waals surface area contributed by atoms with E-state index < -0.39 is 292 Å². The van der Waals surface area contributed by atoms with Gasteiger partial charge in [-0.3, -0.25) is 28.2 Å². The Morgan fingerprint density at radius 3 is 0.791 bits per heavy atom. The lowest BCUT2D eigenvalue weighted by Crippen LogP contribution is -2.69. The molecule has 0 aromatic heterocycles. The largest absolute Gasteiger partial charge is 0.472 e. The van der Waals surface area contributed by atoms with Crippen LogP contribution in [0, 0.1) is 0 Å². The molecule has 10 N–H and O–H groups in total. The summed E-state index contributed by atoms with van der Waals surface area (Å²) >= 11 is 0. The zero-order valence-electron chi connectivity index (χ0n) is 83.7. The van der Waals surface area contributed by atoms with Crippen LogP contribution in [0.1, 0.15) is 181 Å². The molecule has 21 heterocycles. The molecule has 2 amide bonds. The highest BCUT2D eigenvalue weighted by Crippen LogP contribution is 2.45. The van der Waals surface area contributed by atoms with Gasteiger partial charge < -0.3 is 189 Å². The van der Waals surface area contributed by atoms with Crippen molar-refractivity contribution in [2.45, 2.75) is 402 Å². The summed E-state index contributed by atoms with van der Waals surface area (Å²) < 4.78 is 203. The molecule has 0 radical (unpaired) electrons. The number of phosphoric ester groups is 1. The van der Waals surface area contributed by atoms with Crippen molar-refractivity contribution in [3.05, 3.63) is 0 Å². The highest BCUT2D eigenvalue weighted by atomic mass is 31.2. The molecule has 0 saturated carbocycles. The number of rotatable bonds is 58. The van der Waals surface area contributed by atoms with Gasteiger partial charge in [0.15, 0.2) is 50.1 Å². The third-order valence-corrected chi connectivity index (χ3v) is 27.1. The summed E-state index contributed by atoms with van der Waals surface area (Å²) in [4.78, 5) is 64.6. The zero-order valence-corrected chi connectivity index (χ0v) is 84.6. The van der Waals surface area contributed by atoms with Crippen LogP contribution < -0.4 is 10.6 Å². The van der Waals surface area contributed by atoms with E-state index in [-0.39, 0.29) is 59.0 Å². The van der Waals surface area contributed by atoms with Gasteiger partial charge >= 0.3 is 19.8 Å². The number of carbonyl (C=O) groups is 4. The average molecular weight is 2030 g/mol. The van der Waals surface area contributed by atoms with E-state index in [1.807, 2.05) is 0 Å². The number of aliphatic hydroxyl groups excluding tert-OH is 7. The van der Waals surface area contributed by atoms with Gasteiger partial charge in [0, 0.05) is 131 Å². The highest BCUT2D eigenvalue weighted by molar-refractivity contribution is 7.47. The van der Waals surface area contributed by atoms with E-state index in [2.05, 4.69) is 24.5 Å². The molecule has 0 aromatic carbocycles. The van der Waals surface area contributed by atoms with Gasteiger partial charge in [0.2, 0.25) is 11.8 Å². The van der Waals surface area contributed by atoms with Crippen LogP contribution in [0.15, 0.2) is 0 Å². The van der Waals surface area contributed by atoms with Crippen molar-refractivity contribution in [1.29, 1.82) is 0 Å². The van der Waals surface area contributed by atoms with Crippen molar-refractivity contribution >= 4 is 31.6 Å². The monoisotopic (exact) mass is 2030 g/mol. The number of unbranched alkanes of at least 4 members (excludes halogenated alkanes) is 20. The third-order valence-electron chi connectivity index (χ3n) is 26.1. The molecule has 14 bridgehead atoms. The SMILES string of the molecule is CCCCCCCCCCCCCC(=O)OC[C@@H](COP(=O)(O)OCCNC(=O)CCC(=O)NC[C@H]1O[C@H]2O[C@@H]3[C@@H](O)[C@H](OC)[C@H](O[C@@H]4[C@@H](O)[C@H](OC)[C@H](O[C@@H]5[C@@H](O)[C@@H](OC)[C@H](O[C@@H]6[C@H](O)[C@@H](OC)[C@H](O[C@@H]7[C@H](O)[C@@H](OC)[C@H](O[C@@H]8[C@H](O)[C@@H](OC)[C@H](O[C@@H]1[C@@H](O)[C@@H]2OC)O[C@H]8COC)O[C@H]7COC)O[C@H]6COC)O[C@@H]5COC)O[C@@H]4COC)O[C@@H]3COC)OC(=O)CCCCCCCCCCCCC. The van der Waals surface area contributed by atoms with Gasteiger partial charge in [0.1, 0.15) is 178 Å². The molecule has 21 rings (SSSR count). The topological polar surface area (TPSA) is 557 Å². The summed E-state index contributed by atoms with van der Waals surface area (Å²) in [6.45, 7) is -0.114. The molecule has 0 aliphatic carbocycles. The van der Waals surface area contributed by atoms with Gasteiger partial charge in [-0.25, -0.2) is 4.57 Å². The van der Waals surface area contributed by atoms with E-state index in [1.54, 1.807) is 0 Å². The summed E-state index contributed by atoms with van der Waals surface area (Å²) in [5.74, 6) is -2.60. The Bertz CT molecular complexity index is 3380. The van der Waals surface area contributed by atoms with Crippen molar-refractivity contribution in [3.8, 4) is 0 Å². The van der Waals surface area contributed by atoms with Crippen LogP contribution in [-0.2, 0) is 170 Å². The second kappa shape index (κ2) is 64.8. The van der Waals surface area contributed by atoms with Crippen LogP contribution in [0.5, 0.6) is 0 Å². The number of nitrogens with one attached hydrogen (secondary N) is 2. The van der Waals surface area contributed by atoms with Crippen molar-refractivity contribution in [1.82, 2.24) is 10.6 Å². The molecule has 47 heteroatoms. The number of carbonyl (C=O) groups excluding carboxylic acids is 4. The molecular weight excluding hydrogens is 1870 g/mol. The molecule has 46 nitrogen and oxygen atoms in total.